The van der Waals surface area contributed by atoms with Crippen molar-refractivity contribution in [1.29, 1.82) is 5.26 Å². The maximum atomic E-state index is 14.0. The van der Waals surface area contributed by atoms with Crippen molar-refractivity contribution in [2.75, 3.05) is 31.1 Å². The summed E-state index contributed by atoms with van der Waals surface area (Å²) in [5.74, 6) is -1.56. The van der Waals surface area contributed by atoms with Gasteiger partial charge in [-0.05, 0) is 38.5 Å². The maximum Gasteiger partial charge on any atom is 0.312 e. The van der Waals surface area contributed by atoms with E-state index < -0.39 is 11.8 Å². The second-order valence-corrected chi connectivity index (χ2v) is 7.16. The van der Waals surface area contributed by atoms with E-state index in [1.54, 1.807) is 20.8 Å². The highest BCUT2D eigenvalue weighted by atomic mass is 19.1. The van der Waals surface area contributed by atoms with E-state index in [1.165, 1.54) is 23.2 Å². The molecule has 1 fully saturated rings. The highest BCUT2D eigenvalue weighted by Crippen LogP contribution is 2.32. The third-order valence-electron chi connectivity index (χ3n) is 4.72. The molecule has 28 heavy (non-hydrogen) atoms. The van der Waals surface area contributed by atoms with Gasteiger partial charge in [-0.2, -0.15) is 5.26 Å². The fourth-order valence-corrected chi connectivity index (χ4v) is 3.45. The van der Waals surface area contributed by atoms with Crippen LogP contribution in [0.2, 0.25) is 0 Å². The Kier molecular flexibility index (Phi) is 5.45. The van der Waals surface area contributed by atoms with Crippen LogP contribution in [0.5, 0.6) is 0 Å². The van der Waals surface area contributed by atoms with Crippen molar-refractivity contribution in [3.8, 4) is 6.07 Å². The number of piperazine rings is 1. The minimum absolute atomic E-state index is 0.114. The average molecular weight is 383 g/mol. The van der Waals surface area contributed by atoms with Gasteiger partial charge in [-0.1, -0.05) is 0 Å². The predicted octanol–water partition coefficient (Wildman–Crippen LogP) is 1.73. The summed E-state index contributed by atoms with van der Waals surface area (Å²) in [6.07, 6.45) is 1.50. The Morgan fingerprint density at radius 2 is 1.93 bits per heavy atom. The summed E-state index contributed by atoms with van der Waals surface area (Å²) in [5.41, 5.74) is 2.31. The van der Waals surface area contributed by atoms with Crippen molar-refractivity contribution in [3.63, 3.8) is 0 Å². The number of carbonyl (C=O) groups excluding carboxylic acids is 2. The van der Waals surface area contributed by atoms with Crippen molar-refractivity contribution in [2.24, 2.45) is 0 Å². The minimum atomic E-state index is -0.617. The number of nitrogens with zero attached hydrogens (tertiary/aromatic N) is 4. The zero-order valence-corrected chi connectivity index (χ0v) is 16.1. The molecule has 0 atom stereocenters. The first kappa shape index (κ1) is 19.5. The van der Waals surface area contributed by atoms with Gasteiger partial charge in [0.2, 0.25) is 0 Å². The van der Waals surface area contributed by atoms with Crippen molar-refractivity contribution < 1.29 is 14.0 Å². The van der Waals surface area contributed by atoms with Crippen LogP contribution < -0.4 is 10.2 Å². The van der Waals surface area contributed by atoms with Crippen LogP contribution in [-0.2, 0) is 9.59 Å². The molecule has 0 unspecified atom stereocenters. The van der Waals surface area contributed by atoms with Gasteiger partial charge in [-0.15, -0.1) is 0 Å². The molecule has 0 aliphatic carbocycles. The van der Waals surface area contributed by atoms with Gasteiger partial charge in [0.1, 0.15) is 11.9 Å². The summed E-state index contributed by atoms with van der Waals surface area (Å²) < 4.78 is 14.0. The zero-order valence-electron chi connectivity index (χ0n) is 16.1. The number of halogens is 1. The molecule has 1 aliphatic rings. The maximum absolute atomic E-state index is 14.0. The Hall–Kier alpha value is -3.21. The third kappa shape index (κ3) is 3.74. The summed E-state index contributed by atoms with van der Waals surface area (Å²) in [7, 11) is 0. The van der Waals surface area contributed by atoms with Crippen LogP contribution in [-0.4, -0.2) is 53.9 Å². The van der Waals surface area contributed by atoms with Crippen LogP contribution in [0.25, 0.3) is 10.9 Å². The van der Waals surface area contributed by atoms with Gasteiger partial charge in [0.25, 0.3) is 0 Å². The van der Waals surface area contributed by atoms with E-state index in [9.17, 15) is 19.2 Å². The van der Waals surface area contributed by atoms with Gasteiger partial charge in [0.15, 0.2) is 0 Å². The Labute approximate surface area is 162 Å². The fraction of sp³-hybridized carbons (Fsp3) is 0.400. The topological polar surface area (TPSA) is 89.3 Å². The van der Waals surface area contributed by atoms with Crippen LogP contribution in [0.15, 0.2) is 18.3 Å². The second kappa shape index (κ2) is 7.80. The highest BCUT2D eigenvalue weighted by Gasteiger charge is 2.28. The first-order valence-electron chi connectivity index (χ1n) is 9.15. The molecule has 1 aliphatic heterocycles. The van der Waals surface area contributed by atoms with E-state index in [2.05, 4.69) is 16.4 Å². The number of nitriles is 1. The molecule has 1 aromatic carbocycles. The lowest BCUT2D eigenvalue weighted by molar-refractivity contribution is -0.146. The first-order chi connectivity index (χ1) is 13.3. The number of pyridine rings is 1. The quantitative estimate of drug-likeness (QED) is 0.798. The lowest BCUT2D eigenvalue weighted by Gasteiger charge is -2.36. The monoisotopic (exact) mass is 383 g/mol. The van der Waals surface area contributed by atoms with Gasteiger partial charge in [0, 0.05) is 43.8 Å². The number of aryl methyl sites for hydroxylation is 1. The molecular formula is C20H22FN5O2. The van der Waals surface area contributed by atoms with E-state index >= 15 is 0 Å². The number of fused-ring (bicyclic) bond motifs is 1. The molecule has 146 valence electrons. The van der Waals surface area contributed by atoms with Crippen molar-refractivity contribution >= 4 is 28.4 Å². The largest absolute Gasteiger partial charge is 0.366 e. The Morgan fingerprint density at radius 1 is 1.25 bits per heavy atom. The van der Waals surface area contributed by atoms with E-state index in [-0.39, 0.29) is 11.9 Å². The molecule has 0 spiro atoms. The van der Waals surface area contributed by atoms with Gasteiger partial charge >= 0.3 is 11.8 Å². The number of hydrogen-bond donors (Lipinski definition) is 1. The minimum Gasteiger partial charge on any atom is -0.366 e. The van der Waals surface area contributed by atoms with Crippen molar-refractivity contribution in [3.05, 3.63) is 35.3 Å². The van der Waals surface area contributed by atoms with E-state index in [0.717, 1.165) is 0 Å². The molecule has 2 amide bonds. The molecule has 0 radical (unpaired) electrons. The molecule has 1 N–H and O–H groups in total. The molecule has 3 rings (SSSR count). The second-order valence-electron chi connectivity index (χ2n) is 7.16. The van der Waals surface area contributed by atoms with Crippen molar-refractivity contribution in [2.45, 2.75) is 26.8 Å². The average Bonchev–Trinajstić information content (AvgIpc) is 2.66. The Bertz CT molecular complexity index is 975. The van der Waals surface area contributed by atoms with Crippen LogP contribution in [0.1, 0.15) is 25.0 Å². The summed E-state index contributed by atoms with van der Waals surface area (Å²) in [6.45, 7) is 6.91. The fourth-order valence-electron chi connectivity index (χ4n) is 3.45. The number of nitrogens with one attached hydrogen (secondary N) is 1. The predicted molar refractivity (Wildman–Crippen MR) is 103 cm³/mol. The standard InChI is InChI=1S/C20H22FN5O2/c1-12(2)24-19(27)20(28)26-6-4-25(5-7-26)18-14(10-22)11-23-17-13(3)8-15(21)9-16(17)18/h8-9,11-12H,4-7H2,1-3H3,(H,24,27). The van der Waals surface area contributed by atoms with Gasteiger partial charge in [-0.25, -0.2) is 4.39 Å². The summed E-state index contributed by atoms with van der Waals surface area (Å²) >= 11 is 0. The molecule has 7 nitrogen and oxygen atoms in total. The number of amides is 2. The molecule has 0 saturated carbocycles. The van der Waals surface area contributed by atoms with Gasteiger partial charge in [0.05, 0.1) is 16.8 Å². The summed E-state index contributed by atoms with van der Waals surface area (Å²) in [5, 5.41) is 12.7. The number of benzene rings is 1. The Balaban J connectivity index is 1.87. The Morgan fingerprint density at radius 3 is 2.54 bits per heavy atom. The normalized spacial score (nSPS) is 14.3. The summed E-state index contributed by atoms with van der Waals surface area (Å²) in [4.78, 5) is 32.0. The van der Waals surface area contributed by atoms with E-state index in [1.807, 2.05) is 4.90 Å². The molecule has 1 saturated heterocycles. The summed E-state index contributed by atoms with van der Waals surface area (Å²) in [6, 6.07) is 4.81. The molecule has 0 bridgehead atoms. The van der Waals surface area contributed by atoms with E-state index in [4.69, 9.17) is 0 Å². The van der Waals surface area contributed by atoms with Gasteiger partial charge < -0.3 is 15.1 Å². The molecule has 8 heteroatoms. The molecule has 2 aromatic rings. The van der Waals surface area contributed by atoms with Crippen LogP contribution >= 0.6 is 0 Å². The van der Waals surface area contributed by atoms with Crippen LogP contribution in [0.3, 0.4) is 0 Å². The molecule has 2 heterocycles. The van der Waals surface area contributed by atoms with Crippen molar-refractivity contribution in [1.82, 2.24) is 15.2 Å². The number of aromatic nitrogens is 1. The smallest absolute Gasteiger partial charge is 0.312 e. The lowest BCUT2D eigenvalue weighted by atomic mass is 10.0. The van der Waals surface area contributed by atoms with Crippen LogP contribution in [0.4, 0.5) is 10.1 Å². The number of anilines is 1. The van der Waals surface area contributed by atoms with Crippen LogP contribution in [0, 0.1) is 24.1 Å². The van der Waals surface area contributed by atoms with E-state index in [0.29, 0.717) is 53.9 Å². The number of rotatable bonds is 2. The first-order valence-corrected chi connectivity index (χ1v) is 9.15. The molecular weight excluding hydrogens is 361 g/mol. The number of hydrogen-bond acceptors (Lipinski definition) is 5. The highest BCUT2D eigenvalue weighted by molar-refractivity contribution is 6.35. The zero-order chi connectivity index (χ0) is 20.4. The van der Waals surface area contributed by atoms with Gasteiger partial charge in [-0.3, -0.25) is 14.6 Å². The third-order valence-corrected chi connectivity index (χ3v) is 4.72. The number of carbonyl (C=O) groups is 2. The SMILES string of the molecule is Cc1cc(F)cc2c(N3CCN(C(=O)C(=O)NC(C)C)CC3)c(C#N)cnc12. The molecule has 1 aromatic heterocycles. The lowest BCUT2D eigenvalue weighted by Crippen LogP contribution is -2.53.